The summed E-state index contributed by atoms with van der Waals surface area (Å²) in [4.78, 5) is 11.4. The van der Waals surface area contributed by atoms with Crippen molar-refractivity contribution >= 4 is 5.97 Å². The number of carbonyl (C=O) groups is 1. The zero-order valence-corrected chi connectivity index (χ0v) is 14.0. The van der Waals surface area contributed by atoms with Crippen LogP contribution < -0.4 is 10.1 Å². The average molecular weight is 329 g/mol. The number of carboxylic acids is 1. The average Bonchev–Trinajstić information content (AvgIpc) is 2.45. The second-order valence-electron chi connectivity index (χ2n) is 6.75. The lowest BCUT2D eigenvalue weighted by Gasteiger charge is -2.26. The summed E-state index contributed by atoms with van der Waals surface area (Å²) in [5.74, 6) is -0.667. The van der Waals surface area contributed by atoms with Crippen molar-refractivity contribution in [2.75, 3.05) is 7.11 Å². The topological polar surface area (TPSA) is 58.6 Å². The Morgan fingerprint density at radius 3 is 2.48 bits per heavy atom. The first kappa shape index (κ1) is 19.4. The van der Waals surface area contributed by atoms with Crippen LogP contribution in [-0.4, -0.2) is 30.7 Å². The maximum absolute atomic E-state index is 13.4. The van der Waals surface area contributed by atoms with Crippen LogP contribution in [0.2, 0.25) is 0 Å². The maximum atomic E-state index is 13.4. The van der Waals surface area contributed by atoms with Crippen LogP contribution in [0.15, 0.2) is 24.3 Å². The van der Waals surface area contributed by atoms with E-state index >= 15 is 0 Å². The van der Waals surface area contributed by atoms with Gasteiger partial charge in [0, 0.05) is 0 Å². The number of benzene rings is 1. The Labute approximate surface area is 135 Å². The second-order valence-corrected chi connectivity index (χ2v) is 6.75. The number of ether oxygens (including phenoxy) is 1. The lowest BCUT2D eigenvalue weighted by atomic mass is 9.88. The van der Waals surface area contributed by atoms with Gasteiger partial charge in [-0.3, -0.25) is 10.1 Å². The molecule has 0 saturated carbocycles. The number of rotatable bonds is 8. The van der Waals surface area contributed by atoms with Crippen molar-refractivity contribution in [1.29, 1.82) is 0 Å². The molecule has 0 unspecified atom stereocenters. The first-order valence-corrected chi connectivity index (χ1v) is 7.55. The van der Waals surface area contributed by atoms with Crippen molar-refractivity contribution in [2.45, 2.75) is 52.1 Å². The van der Waals surface area contributed by atoms with Gasteiger partial charge in [-0.2, -0.15) is 0 Å². The first-order valence-electron chi connectivity index (χ1n) is 7.55. The van der Waals surface area contributed by atoms with E-state index in [0.29, 0.717) is 17.7 Å². The lowest BCUT2D eigenvalue weighted by molar-refractivity contribution is -0.140. The number of carboxylic acid groups (broad SMARTS) is 1. The minimum Gasteiger partial charge on any atom is -0.497 e. The third-order valence-electron chi connectivity index (χ3n) is 3.57. The number of hydrogen-bond acceptors (Lipinski definition) is 3. The minimum atomic E-state index is -2.72. The van der Waals surface area contributed by atoms with E-state index in [9.17, 15) is 18.7 Å². The van der Waals surface area contributed by atoms with Crippen molar-refractivity contribution in [3.63, 3.8) is 0 Å². The van der Waals surface area contributed by atoms with Crippen LogP contribution in [0.3, 0.4) is 0 Å². The summed E-state index contributed by atoms with van der Waals surface area (Å²) in [7, 11) is 1.45. The van der Waals surface area contributed by atoms with E-state index < -0.39 is 24.5 Å². The number of alkyl halides is 2. The third kappa shape index (κ3) is 6.52. The van der Waals surface area contributed by atoms with Gasteiger partial charge < -0.3 is 9.84 Å². The molecule has 0 aliphatic carbocycles. The molecule has 0 aromatic heterocycles. The Balaban J connectivity index is 2.92. The highest BCUT2D eigenvalue weighted by molar-refractivity contribution is 5.73. The molecular formula is C17H25F2NO3. The van der Waals surface area contributed by atoms with E-state index in [1.165, 1.54) is 19.2 Å². The molecule has 0 radical (unpaired) electrons. The Hall–Kier alpha value is -1.69. The summed E-state index contributed by atoms with van der Waals surface area (Å²) < 4.78 is 31.9. The summed E-state index contributed by atoms with van der Waals surface area (Å²) in [6.45, 7) is 5.95. The summed E-state index contributed by atoms with van der Waals surface area (Å²) in [5.41, 5.74) is 0.243. The van der Waals surface area contributed by atoms with Gasteiger partial charge in [0.1, 0.15) is 11.8 Å². The molecule has 0 saturated heterocycles. The molecule has 0 heterocycles. The van der Waals surface area contributed by atoms with Gasteiger partial charge in [0.2, 0.25) is 0 Å². The fourth-order valence-corrected chi connectivity index (χ4v) is 2.22. The number of methoxy groups -OCH3 is 1. The molecule has 0 spiro atoms. The van der Waals surface area contributed by atoms with Crippen molar-refractivity contribution in [3.05, 3.63) is 29.8 Å². The normalized spacial score (nSPS) is 14.6. The lowest BCUT2D eigenvalue weighted by Crippen LogP contribution is -2.42. The predicted octanol–water partition coefficient (Wildman–Crippen LogP) is 3.87. The predicted molar refractivity (Wildman–Crippen MR) is 85.0 cm³/mol. The van der Waals surface area contributed by atoms with E-state index in [1.807, 2.05) is 20.8 Å². The van der Waals surface area contributed by atoms with Crippen molar-refractivity contribution in [3.8, 4) is 5.75 Å². The SMILES string of the molecule is COc1cccc([C@@H](N[C@@H](CCC(C)(C)C)C(=O)O)C(F)F)c1. The quantitative estimate of drug-likeness (QED) is 0.760. The van der Waals surface area contributed by atoms with Gasteiger partial charge in [0.15, 0.2) is 0 Å². The number of nitrogens with one attached hydrogen (secondary N) is 1. The summed E-state index contributed by atoms with van der Waals surface area (Å²) >= 11 is 0. The Morgan fingerprint density at radius 2 is 2.00 bits per heavy atom. The fraction of sp³-hybridized carbons (Fsp3) is 0.588. The van der Waals surface area contributed by atoms with Crippen LogP contribution in [0.4, 0.5) is 8.78 Å². The third-order valence-corrected chi connectivity index (χ3v) is 3.57. The number of halogens is 2. The van der Waals surface area contributed by atoms with Gasteiger partial charge in [-0.15, -0.1) is 0 Å². The van der Waals surface area contributed by atoms with E-state index in [4.69, 9.17) is 4.74 Å². The van der Waals surface area contributed by atoms with Crippen molar-refractivity contribution in [2.24, 2.45) is 5.41 Å². The van der Waals surface area contributed by atoms with Crippen LogP contribution in [0.5, 0.6) is 5.75 Å². The van der Waals surface area contributed by atoms with Crippen LogP contribution in [-0.2, 0) is 4.79 Å². The molecule has 23 heavy (non-hydrogen) atoms. The highest BCUT2D eigenvalue weighted by Gasteiger charge is 2.29. The second kappa shape index (κ2) is 8.24. The molecule has 0 amide bonds. The molecule has 2 atom stereocenters. The molecular weight excluding hydrogens is 304 g/mol. The van der Waals surface area contributed by atoms with Gasteiger partial charge in [0.05, 0.1) is 13.2 Å². The highest BCUT2D eigenvalue weighted by atomic mass is 19.3. The van der Waals surface area contributed by atoms with Crippen LogP contribution in [0, 0.1) is 5.41 Å². The van der Waals surface area contributed by atoms with Crippen LogP contribution in [0.25, 0.3) is 0 Å². The molecule has 0 fully saturated rings. The highest BCUT2D eigenvalue weighted by Crippen LogP contribution is 2.27. The van der Waals surface area contributed by atoms with Crippen molar-refractivity contribution in [1.82, 2.24) is 5.32 Å². The Morgan fingerprint density at radius 1 is 1.35 bits per heavy atom. The van der Waals surface area contributed by atoms with E-state index in [0.717, 1.165) is 0 Å². The monoisotopic (exact) mass is 329 g/mol. The number of aliphatic carboxylic acids is 1. The maximum Gasteiger partial charge on any atom is 0.320 e. The van der Waals surface area contributed by atoms with Gasteiger partial charge in [-0.05, 0) is 36.0 Å². The van der Waals surface area contributed by atoms with Crippen LogP contribution >= 0.6 is 0 Å². The molecule has 4 nitrogen and oxygen atoms in total. The molecule has 1 aromatic carbocycles. The largest absolute Gasteiger partial charge is 0.497 e. The van der Waals surface area contributed by atoms with Crippen molar-refractivity contribution < 1.29 is 23.4 Å². The Bertz CT molecular complexity index is 515. The molecule has 130 valence electrons. The molecule has 0 aliphatic heterocycles. The number of hydrogen-bond donors (Lipinski definition) is 2. The van der Waals surface area contributed by atoms with Gasteiger partial charge in [-0.25, -0.2) is 8.78 Å². The van der Waals surface area contributed by atoms with E-state index in [1.54, 1.807) is 12.1 Å². The smallest absolute Gasteiger partial charge is 0.320 e. The van der Waals surface area contributed by atoms with Crippen LogP contribution in [0.1, 0.15) is 45.2 Å². The molecule has 1 rings (SSSR count). The van der Waals surface area contributed by atoms with E-state index in [2.05, 4.69) is 5.32 Å². The molecule has 0 aliphatic rings. The zero-order valence-electron chi connectivity index (χ0n) is 14.0. The molecule has 6 heteroatoms. The molecule has 2 N–H and O–H groups in total. The standard InChI is InChI=1S/C17H25F2NO3/c1-17(2,3)9-8-13(16(21)22)20-14(15(18)19)11-6-5-7-12(10-11)23-4/h5-7,10,13-15,20H,8-9H2,1-4H3,(H,21,22)/t13-,14+/m0/s1. The minimum absolute atomic E-state index is 0.0638. The summed E-state index contributed by atoms with van der Waals surface area (Å²) in [5, 5.41) is 11.9. The molecule has 1 aromatic rings. The molecule has 0 bridgehead atoms. The van der Waals surface area contributed by atoms with Gasteiger partial charge >= 0.3 is 5.97 Å². The summed E-state index contributed by atoms with van der Waals surface area (Å²) in [6.07, 6.45) is -1.82. The van der Waals surface area contributed by atoms with E-state index in [-0.39, 0.29) is 11.8 Å². The Kier molecular flexibility index (Phi) is 6.94. The van der Waals surface area contributed by atoms with Gasteiger partial charge in [0.25, 0.3) is 6.43 Å². The van der Waals surface area contributed by atoms with Gasteiger partial charge in [-0.1, -0.05) is 32.9 Å². The fourth-order valence-electron chi connectivity index (χ4n) is 2.22. The zero-order chi connectivity index (χ0) is 17.6. The first-order chi connectivity index (χ1) is 10.6. The summed E-state index contributed by atoms with van der Waals surface area (Å²) in [6, 6.07) is 3.91.